The van der Waals surface area contributed by atoms with Crippen LogP contribution in [-0.4, -0.2) is 45.2 Å². The lowest BCUT2D eigenvalue weighted by molar-refractivity contribution is 0.281. The van der Waals surface area contributed by atoms with E-state index in [2.05, 4.69) is 64.5 Å². The molecular weight excluding hydrogens is 248 g/mol. The largest absolute Gasteiger partial charge is 0.316 e. The van der Waals surface area contributed by atoms with Crippen LogP contribution >= 0.6 is 0 Å². The first-order valence-corrected chi connectivity index (χ1v) is 9.41. The van der Waals surface area contributed by atoms with Crippen molar-refractivity contribution in [3.63, 3.8) is 0 Å². The van der Waals surface area contributed by atoms with Gasteiger partial charge in [0.05, 0.1) is 0 Å². The molecule has 0 bridgehead atoms. The summed E-state index contributed by atoms with van der Waals surface area (Å²) in [5, 5.41) is 0. The summed E-state index contributed by atoms with van der Waals surface area (Å²) in [4.78, 5) is 0. The molecule has 0 rings (SSSR count). The second-order valence-electron chi connectivity index (χ2n) is 7.79. The van der Waals surface area contributed by atoms with Gasteiger partial charge < -0.3 is 9.13 Å². The zero-order valence-electron chi connectivity index (χ0n) is 14.7. The van der Waals surface area contributed by atoms with E-state index in [1.54, 1.807) is 0 Å². The maximum Gasteiger partial charge on any atom is 0.173 e. The first kappa shape index (κ1) is 19.1. The van der Waals surface area contributed by atoms with Crippen molar-refractivity contribution in [3.05, 3.63) is 0 Å². The second-order valence-corrected chi connectivity index (χ2v) is 9.86. The zero-order chi connectivity index (χ0) is 15.0. The summed E-state index contributed by atoms with van der Waals surface area (Å²) in [6.07, 6.45) is 0. The van der Waals surface area contributed by atoms with Crippen LogP contribution in [0.15, 0.2) is 0 Å². The number of hydrogen-bond donors (Lipinski definition) is 0. The molecule has 0 aromatic rings. The Morgan fingerprint density at radius 2 is 0.737 bits per heavy atom. The van der Waals surface area contributed by atoms with Crippen LogP contribution in [0.1, 0.15) is 55.4 Å². The molecule has 0 spiro atoms. The molecule has 0 aliphatic rings. The van der Waals surface area contributed by atoms with Gasteiger partial charge in [-0.2, -0.15) is 0 Å². The maximum atomic E-state index is 2.78. The van der Waals surface area contributed by atoms with Crippen LogP contribution in [0.2, 0.25) is 0 Å². The van der Waals surface area contributed by atoms with E-state index in [0.717, 1.165) is 23.7 Å². The van der Waals surface area contributed by atoms with Gasteiger partial charge in [-0.1, -0.05) is 55.4 Å². The van der Waals surface area contributed by atoms with Gasteiger partial charge in [0, 0.05) is 0 Å². The summed E-state index contributed by atoms with van der Waals surface area (Å²) in [5.74, 6) is 3.13. The molecule has 116 valence electrons. The summed E-state index contributed by atoms with van der Waals surface area (Å²) in [6, 6.07) is 0. The minimum absolute atomic E-state index is 0.265. The molecule has 0 saturated carbocycles. The van der Waals surface area contributed by atoms with Crippen molar-refractivity contribution in [1.82, 2.24) is 9.13 Å². The topological polar surface area (TPSA) is 6.48 Å². The van der Waals surface area contributed by atoms with Gasteiger partial charge in [0.15, 0.2) is 9.84 Å². The fourth-order valence-electron chi connectivity index (χ4n) is 2.73. The molecule has 0 aliphatic carbocycles. The quantitative estimate of drug-likeness (QED) is 0.569. The third kappa shape index (κ3) is 11.6. The first-order chi connectivity index (χ1) is 8.70. The molecule has 0 unspecified atom stereocenters. The molecule has 0 fully saturated rings. The smallest absolute Gasteiger partial charge is 0.173 e. The zero-order valence-corrected chi connectivity index (χ0v) is 16.2. The van der Waals surface area contributed by atoms with E-state index in [1.165, 1.54) is 26.2 Å². The summed E-state index contributed by atoms with van der Waals surface area (Å²) in [6.45, 7) is 23.9. The van der Waals surface area contributed by atoms with Crippen molar-refractivity contribution in [2.24, 2.45) is 23.7 Å². The molecule has 0 saturated heterocycles. The Hall–Kier alpha value is 0.137. The van der Waals surface area contributed by atoms with Crippen LogP contribution in [0.3, 0.4) is 0 Å². The molecule has 3 heteroatoms. The minimum atomic E-state index is -0.265. The van der Waals surface area contributed by atoms with Gasteiger partial charge >= 0.3 is 0 Å². The van der Waals surface area contributed by atoms with E-state index in [0.29, 0.717) is 0 Å². The lowest BCUT2D eigenvalue weighted by Gasteiger charge is -2.34. The SMILES string of the molecule is CC(C)CN(CC(C)C)[SiH2]N(CC(C)C)CC(C)C. The molecule has 2 nitrogen and oxygen atoms in total. The van der Waals surface area contributed by atoms with Gasteiger partial charge in [0.1, 0.15) is 0 Å². The monoisotopic (exact) mass is 286 g/mol. The molecule has 0 heterocycles. The Balaban J connectivity index is 4.51. The molecule has 0 aromatic carbocycles. The van der Waals surface area contributed by atoms with Crippen molar-refractivity contribution in [2.45, 2.75) is 55.4 Å². The van der Waals surface area contributed by atoms with Crippen LogP contribution in [0.4, 0.5) is 0 Å². The molecular formula is C16H38N2Si. The third-order valence-electron chi connectivity index (χ3n) is 2.89. The molecule has 0 aliphatic heterocycles. The maximum absolute atomic E-state index is 2.78. The predicted molar refractivity (Wildman–Crippen MR) is 91.0 cm³/mol. The van der Waals surface area contributed by atoms with E-state index in [1.807, 2.05) is 0 Å². The lowest BCUT2D eigenvalue weighted by Crippen LogP contribution is -2.47. The van der Waals surface area contributed by atoms with Crippen LogP contribution < -0.4 is 0 Å². The minimum Gasteiger partial charge on any atom is -0.316 e. The van der Waals surface area contributed by atoms with Crippen LogP contribution in [0.25, 0.3) is 0 Å². The molecule has 0 atom stereocenters. The van der Waals surface area contributed by atoms with Crippen molar-refractivity contribution in [3.8, 4) is 0 Å². The predicted octanol–water partition coefficient (Wildman–Crippen LogP) is 3.21. The summed E-state index contributed by atoms with van der Waals surface area (Å²) in [5.41, 5.74) is 0. The fourth-order valence-corrected chi connectivity index (χ4v) is 5.82. The van der Waals surface area contributed by atoms with Gasteiger partial charge in [-0.15, -0.1) is 0 Å². The fraction of sp³-hybridized carbons (Fsp3) is 1.00. The number of nitrogens with zero attached hydrogens (tertiary/aromatic N) is 2. The summed E-state index contributed by atoms with van der Waals surface area (Å²) < 4.78 is 5.56. The Morgan fingerprint density at radius 1 is 0.526 bits per heavy atom. The molecule has 0 N–H and O–H groups in total. The second kappa shape index (κ2) is 9.95. The van der Waals surface area contributed by atoms with Gasteiger partial charge in [-0.3, -0.25) is 0 Å². The molecule has 19 heavy (non-hydrogen) atoms. The summed E-state index contributed by atoms with van der Waals surface area (Å²) >= 11 is 0. The van der Waals surface area contributed by atoms with Crippen LogP contribution in [0, 0.1) is 23.7 Å². The van der Waals surface area contributed by atoms with Crippen molar-refractivity contribution in [1.29, 1.82) is 0 Å². The molecule has 0 radical (unpaired) electrons. The van der Waals surface area contributed by atoms with E-state index in [4.69, 9.17) is 0 Å². The lowest BCUT2D eigenvalue weighted by atomic mass is 10.2. The highest BCUT2D eigenvalue weighted by molar-refractivity contribution is 6.28. The highest BCUT2D eigenvalue weighted by Gasteiger charge is 2.16. The number of rotatable bonds is 10. The van der Waals surface area contributed by atoms with Crippen LogP contribution in [0.5, 0.6) is 0 Å². The average Bonchev–Trinajstić information content (AvgIpc) is 2.11. The van der Waals surface area contributed by atoms with E-state index in [9.17, 15) is 0 Å². The normalized spacial score (nSPS) is 12.9. The van der Waals surface area contributed by atoms with Gasteiger partial charge in [-0.25, -0.2) is 0 Å². The number of hydrogen-bond acceptors (Lipinski definition) is 2. The summed E-state index contributed by atoms with van der Waals surface area (Å²) in [7, 11) is -0.265. The Morgan fingerprint density at radius 3 is 0.895 bits per heavy atom. The van der Waals surface area contributed by atoms with E-state index in [-0.39, 0.29) is 9.84 Å². The first-order valence-electron chi connectivity index (χ1n) is 8.15. The molecule has 0 amide bonds. The third-order valence-corrected chi connectivity index (χ3v) is 4.73. The Bertz CT molecular complexity index is 173. The van der Waals surface area contributed by atoms with Crippen molar-refractivity contribution < 1.29 is 0 Å². The van der Waals surface area contributed by atoms with E-state index < -0.39 is 0 Å². The van der Waals surface area contributed by atoms with Gasteiger partial charge in [0.25, 0.3) is 0 Å². The van der Waals surface area contributed by atoms with Crippen molar-refractivity contribution in [2.75, 3.05) is 26.2 Å². The van der Waals surface area contributed by atoms with E-state index >= 15 is 0 Å². The highest BCUT2D eigenvalue weighted by Crippen LogP contribution is 2.07. The highest BCUT2D eigenvalue weighted by atomic mass is 28.2. The average molecular weight is 287 g/mol. The van der Waals surface area contributed by atoms with Crippen molar-refractivity contribution >= 4 is 9.84 Å². The van der Waals surface area contributed by atoms with Gasteiger partial charge in [0.2, 0.25) is 0 Å². The Kier molecular flexibility index (Phi) is 10.0. The standard InChI is InChI=1S/C16H38N2Si/c1-13(2)9-17(10-14(3)4)19-18(11-15(5)6)12-16(7)8/h13-16H,9-12,19H2,1-8H3. The van der Waals surface area contributed by atoms with Crippen LogP contribution in [-0.2, 0) is 0 Å². The van der Waals surface area contributed by atoms with Gasteiger partial charge in [-0.05, 0) is 49.9 Å². The Labute approximate surface area is 124 Å². The molecule has 0 aromatic heterocycles.